The minimum Gasteiger partial charge on any atom is -0.346 e. The number of rotatable bonds is 4. The highest BCUT2D eigenvalue weighted by Crippen LogP contribution is 2.25. The van der Waals surface area contributed by atoms with Crippen molar-refractivity contribution in [3.05, 3.63) is 35.9 Å². The van der Waals surface area contributed by atoms with Gasteiger partial charge in [-0.3, -0.25) is 4.79 Å². The van der Waals surface area contributed by atoms with Gasteiger partial charge >= 0.3 is 0 Å². The van der Waals surface area contributed by atoms with Crippen LogP contribution < -0.4 is 0 Å². The Morgan fingerprint density at radius 2 is 2.33 bits per heavy atom. The van der Waals surface area contributed by atoms with Gasteiger partial charge in [-0.15, -0.1) is 0 Å². The summed E-state index contributed by atoms with van der Waals surface area (Å²) in [5, 5.41) is 0. The molecule has 0 aliphatic carbocycles. The molecule has 1 fully saturated rings. The number of aromatic nitrogens is 4. The standard InChI is InChI=1S/C15H21N5O/c1-3-13-16-5-7-19(13)10-14(21)20-6-4-12(9-20)15-17-8-11(2)18-15/h5,7-8,12H,3-4,6,9-10H2,1-2H3,(H,17,18)/t12-/m1/s1. The summed E-state index contributed by atoms with van der Waals surface area (Å²) >= 11 is 0. The normalized spacial score (nSPS) is 18.4. The summed E-state index contributed by atoms with van der Waals surface area (Å²) in [6.45, 7) is 5.99. The predicted octanol–water partition coefficient (Wildman–Crippen LogP) is 1.49. The molecular weight excluding hydrogens is 266 g/mol. The number of imidazole rings is 2. The third-order valence-corrected chi connectivity index (χ3v) is 4.07. The lowest BCUT2D eigenvalue weighted by Crippen LogP contribution is -2.32. The van der Waals surface area contributed by atoms with Gasteiger partial charge in [0.25, 0.3) is 0 Å². The molecule has 1 aliphatic rings. The van der Waals surface area contributed by atoms with Crippen LogP contribution in [0.3, 0.4) is 0 Å². The first kappa shape index (κ1) is 13.9. The SMILES string of the molecule is CCc1nccn1CC(=O)N1CC[C@@H](c2ncc(C)[nH]2)C1. The zero-order valence-electron chi connectivity index (χ0n) is 12.5. The highest BCUT2D eigenvalue weighted by atomic mass is 16.2. The van der Waals surface area contributed by atoms with Crippen molar-refractivity contribution in [2.75, 3.05) is 13.1 Å². The first-order valence-corrected chi connectivity index (χ1v) is 7.46. The molecule has 0 unspecified atom stereocenters. The van der Waals surface area contributed by atoms with E-state index in [1.807, 2.05) is 28.8 Å². The van der Waals surface area contributed by atoms with E-state index in [4.69, 9.17) is 0 Å². The maximum absolute atomic E-state index is 12.4. The number of nitrogens with zero attached hydrogens (tertiary/aromatic N) is 4. The second-order valence-corrected chi connectivity index (χ2v) is 5.60. The zero-order chi connectivity index (χ0) is 14.8. The van der Waals surface area contributed by atoms with Crippen LogP contribution >= 0.6 is 0 Å². The second-order valence-electron chi connectivity index (χ2n) is 5.60. The number of hydrogen-bond acceptors (Lipinski definition) is 3. The summed E-state index contributed by atoms with van der Waals surface area (Å²) in [6, 6.07) is 0. The average molecular weight is 287 g/mol. The van der Waals surface area contributed by atoms with E-state index >= 15 is 0 Å². The van der Waals surface area contributed by atoms with Crippen LogP contribution in [0.15, 0.2) is 18.6 Å². The first-order chi connectivity index (χ1) is 10.2. The topological polar surface area (TPSA) is 66.8 Å². The van der Waals surface area contributed by atoms with Gasteiger partial charge in [-0.1, -0.05) is 6.92 Å². The molecule has 21 heavy (non-hydrogen) atoms. The van der Waals surface area contributed by atoms with Crippen LogP contribution in [0.25, 0.3) is 0 Å². The molecule has 1 saturated heterocycles. The molecule has 112 valence electrons. The molecular formula is C15H21N5O. The van der Waals surface area contributed by atoms with Crippen molar-refractivity contribution in [2.45, 2.75) is 39.2 Å². The van der Waals surface area contributed by atoms with Crippen LogP contribution in [-0.2, 0) is 17.8 Å². The lowest BCUT2D eigenvalue weighted by atomic mass is 10.1. The number of hydrogen-bond donors (Lipinski definition) is 1. The fourth-order valence-electron chi connectivity index (χ4n) is 2.89. The van der Waals surface area contributed by atoms with Crippen molar-refractivity contribution >= 4 is 5.91 Å². The Hall–Kier alpha value is -2.11. The van der Waals surface area contributed by atoms with Crippen molar-refractivity contribution < 1.29 is 4.79 Å². The summed E-state index contributed by atoms with van der Waals surface area (Å²) in [4.78, 5) is 26.3. The number of carbonyl (C=O) groups excluding carboxylic acids is 1. The maximum atomic E-state index is 12.4. The number of aryl methyl sites for hydroxylation is 2. The Balaban J connectivity index is 1.62. The molecule has 6 nitrogen and oxygen atoms in total. The van der Waals surface area contributed by atoms with Gasteiger partial charge in [0.1, 0.15) is 18.2 Å². The molecule has 1 amide bonds. The molecule has 3 heterocycles. The predicted molar refractivity (Wildman–Crippen MR) is 78.9 cm³/mol. The fourth-order valence-corrected chi connectivity index (χ4v) is 2.89. The number of carbonyl (C=O) groups is 1. The van der Waals surface area contributed by atoms with Crippen LogP contribution in [0, 0.1) is 6.92 Å². The number of amides is 1. The van der Waals surface area contributed by atoms with Gasteiger partial charge in [0.05, 0.1) is 0 Å². The van der Waals surface area contributed by atoms with E-state index in [9.17, 15) is 4.79 Å². The number of H-pyrrole nitrogens is 1. The molecule has 2 aromatic heterocycles. The summed E-state index contributed by atoms with van der Waals surface area (Å²) in [5.41, 5.74) is 1.07. The Bertz CT molecular complexity index is 630. The molecule has 6 heteroatoms. The lowest BCUT2D eigenvalue weighted by molar-refractivity contribution is -0.130. The first-order valence-electron chi connectivity index (χ1n) is 7.46. The van der Waals surface area contributed by atoms with Crippen molar-refractivity contribution in [3.63, 3.8) is 0 Å². The molecule has 1 atom stereocenters. The van der Waals surface area contributed by atoms with E-state index in [1.54, 1.807) is 6.20 Å². The third-order valence-electron chi connectivity index (χ3n) is 4.07. The molecule has 0 radical (unpaired) electrons. The molecule has 0 bridgehead atoms. The number of nitrogens with one attached hydrogen (secondary N) is 1. The maximum Gasteiger partial charge on any atom is 0.242 e. The zero-order valence-corrected chi connectivity index (χ0v) is 12.5. The number of aromatic amines is 1. The summed E-state index contributed by atoms with van der Waals surface area (Å²) in [5.74, 6) is 2.45. The van der Waals surface area contributed by atoms with Crippen molar-refractivity contribution in [1.82, 2.24) is 24.4 Å². The lowest BCUT2D eigenvalue weighted by Gasteiger charge is -2.17. The van der Waals surface area contributed by atoms with E-state index in [1.165, 1.54) is 0 Å². The average Bonchev–Trinajstić information content (AvgIpc) is 3.17. The van der Waals surface area contributed by atoms with Crippen LogP contribution in [0.2, 0.25) is 0 Å². The second kappa shape index (κ2) is 5.71. The van der Waals surface area contributed by atoms with Gasteiger partial charge < -0.3 is 14.5 Å². The van der Waals surface area contributed by atoms with Gasteiger partial charge in [0.2, 0.25) is 5.91 Å². The fraction of sp³-hybridized carbons (Fsp3) is 0.533. The van der Waals surface area contributed by atoms with Gasteiger partial charge in [0, 0.05) is 49.7 Å². The minimum absolute atomic E-state index is 0.161. The Kier molecular flexibility index (Phi) is 3.77. The van der Waals surface area contributed by atoms with Crippen molar-refractivity contribution in [1.29, 1.82) is 0 Å². The molecule has 2 aromatic rings. The monoisotopic (exact) mass is 287 g/mol. The van der Waals surface area contributed by atoms with Gasteiger partial charge in [-0.05, 0) is 13.3 Å². The Morgan fingerprint density at radius 1 is 1.48 bits per heavy atom. The largest absolute Gasteiger partial charge is 0.346 e. The van der Waals surface area contributed by atoms with Crippen LogP contribution in [-0.4, -0.2) is 43.4 Å². The molecule has 0 aromatic carbocycles. The van der Waals surface area contributed by atoms with E-state index in [0.717, 1.165) is 43.3 Å². The van der Waals surface area contributed by atoms with E-state index < -0.39 is 0 Å². The van der Waals surface area contributed by atoms with Crippen LogP contribution in [0.1, 0.15) is 36.6 Å². The van der Waals surface area contributed by atoms with Crippen LogP contribution in [0.4, 0.5) is 0 Å². The molecule has 0 spiro atoms. The van der Waals surface area contributed by atoms with Crippen molar-refractivity contribution in [2.24, 2.45) is 0 Å². The Morgan fingerprint density at radius 3 is 3.05 bits per heavy atom. The summed E-state index contributed by atoms with van der Waals surface area (Å²) in [6.07, 6.45) is 7.29. The molecule has 1 N–H and O–H groups in total. The van der Waals surface area contributed by atoms with E-state index in [0.29, 0.717) is 12.5 Å². The smallest absolute Gasteiger partial charge is 0.242 e. The summed E-state index contributed by atoms with van der Waals surface area (Å²) < 4.78 is 1.94. The van der Waals surface area contributed by atoms with Gasteiger partial charge in [0.15, 0.2) is 0 Å². The molecule has 3 rings (SSSR count). The Labute approximate surface area is 124 Å². The molecule has 0 saturated carbocycles. The quantitative estimate of drug-likeness (QED) is 0.926. The minimum atomic E-state index is 0.161. The van der Waals surface area contributed by atoms with Crippen LogP contribution in [0.5, 0.6) is 0 Å². The van der Waals surface area contributed by atoms with Gasteiger partial charge in [-0.2, -0.15) is 0 Å². The summed E-state index contributed by atoms with van der Waals surface area (Å²) in [7, 11) is 0. The molecule has 1 aliphatic heterocycles. The van der Waals surface area contributed by atoms with E-state index in [-0.39, 0.29) is 5.91 Å². The van der Waals surface area contributed by atoms with Gasteiger partial charge in [-0.25, -0.2) is 9.97 Å². The highest BCUT2D eigenvalue weighted by molar-refractivity contribution is 5.76. The van der Waals surface area contributed by atoms with Crippen molar-refractivity contribution in [3.8, 4) is 0 Å². The van der Waals surface area contributed by atoms with E-state index in [2.05, 4.69) is 21.9 Å². The highest BCUT2D eigenvalue weighted by Gasteiger charge is 2.29. The third kappa shape index (κ3) is 2.84. The number of likely N-dealkylation sites (tertiary alicyclic amines) is 1.